The summed E-state index contributed by atoms with van der Waals surface area (Å²) in [5.74, 6) is 0.818. The van der Waals surface area contributed by atoms with Gasteiger partial charge in [-0.1, -0.05) is 13.8 Å². The van der Waals surface area contributed by atoms with Crippen LogP contribution in [0, 0.1) is 29.0 Å². The quantitative estimate of drug-likeness (QED) is 0.600. The SMILES string of the molecule is CC1CC2CC(C)CC(COc3cc(F)c(C(=O)NS(=O)(=O)N4CC(F)C4)cc3C3CC3)(C1)C2. The molecule has 6 nitrogen and oxygen atoms in total. The standard InChI is InChI=1S/C25H34F2N2O4S/c1-15-5-17-6-16(2)10-25(9-15,11-17)14-33-23-8-22(27)21(7-20(23)18-3-4-18)24(30)28-34(31,32)29-12-19(26)13-29/h7-8,15-19H,3-6,9-14H2,1-2H3,(H,28,30). The van der Waals surface area contributed by atoms with E-state index in [1.54, 1.807) is 0 Å². The van der Waals surface area contributed by atoms with Gasteiger partial charge in [-0.05, 0) is 80.2 Å². The van der Waals surface area contributed by atoms with Crippen LogP contribution in [0.5, 0.6) is 5.75 Å². The van der Waals surface area contributed by atoms with Crippen LogP contribution in [-0.4, -0.2) is 44.5 Å². The predicted octanol–water partition coefficient (Wildman–Crippen LogP) is 4.56. The number of carbonyl (C=O) groups is 1. The minimum absolute atomic E-state index is 0.104. The summed E-state index contributed by atoms with van der Waals surface area (Å²) in [5.41, 5.74) is 0.538. The Balaban J connectivity index is 1.34. The highest BCUT2D eigenvalue weighted by molar-refractivity contribution is 7.87. The molecule has 3 saturated carbocycles. The maximum absolute atomic E-state index is 15.0. The number of rotatable bonds is 7. The Kier molecular flexibility index (Phi) is 6.16. The number of fused-ring (bicyclic) bond motifs is 2. The minimum atomic E-state index is -4.20. The molecule has 3 aliphatic carbocycles. The molecule has 1 aromatic carbocycles. The zero-order valence-corrected chi connectivity index (χ0v) is 20.7. The van der Waals surface area contributed by atoms with E-state index < -0.39 is 28.1 Å². The van der Waals surface area contributed by atoms with Crippen LogP contribution in [0.1, 0.15) is 80.6 Å². The van der Waals surface area contributed by atoms with E-state index in [2.05, 4.69) is 13.8 Å². The van der Waals surface area contributed by atoms with Gasteiger partial charge in [0.1, 0.15) is 17.7 Å². The summed E-state index contributed by atoms with van der Waals surface area (Å²) in [4.78, 5) is 12.6. The molecule has 2 bridgehead atoms. The van der Waals surface area contributed by atoms with Crippen LogP contribution in [0.2, 0.25) is 0 Å². The Morgan fingerprint density at radius 3 is 2.38 bits per heavy atom. The van der Waals surface area contributed by atoms with Crippen molar-refractivity contribution in [1.29, 1.82) is 0 Å². The molecule has 1 saturated heterocycles. The third kappa shape index (κ3) is 4.83. The molecule has 4 fully saturated rings. The lowest BCUT2D eigenvalue weighted by Gasteiger charge is -2.49. The number of ether oxygens (including phenoxy) is 1. The van der Waals surface area contributed by atoms with Crippen molar-refractivity contribution in [2.24, 2.45) is 23.2 Å². The molecular weight excluding hydrogens is 462 g/mol. The Hall–Kier alpha value is -1.74. The van der Waals surface area contributed by atoms with Crippen LogP contribution in [0.3, 0.4) is 0 Å². The van der Waals surface area contributed by atoms with Crippen molar-refractivity contribution in [1.82, 2.24) is 9.03 Å². The van der Waals surface area contributed by atoms with Crippen LogP contribution in [0.4, 0.5) is 8.78 Å². The highest BCUT2D eigenvalue weighted by atomic mass is 32.2. The van der Waals surface area contributed by atoms with Crippen molar-refractivity contribution in [3.63, 3.8) is 0 Å². The zero-order chi connectivity index (χ0) is 24.3. The molecule has 1 aliphatic heterocycles. The normalized spacial score (nSPS) is 32.2. The molecule has 188 valence electrons. The Labute approximate surface area is 200 Å². The van der Waals surface area contributed by atoms with Gasteiger partial charge in [-0.25, -0.2) is 13.5 Å². The summed E-state index contributed by atoms with van der Waals surface area (Å²) in [6.07, 6.45) is 6.53. The fourth-order valence-electron chi connectivity index (χ4n) is 6.72. The zero-order valence-electron chi connectivity index (χ0n) is 19.9. The number of nitrogens with zero attached hydrogens (tertiary/aromatic N) is 1. The van der Waals surface area contributed by atoms with Crippen LogP contribution < -0.4 is 9.46 Å². The number of nitrogens with one attached hydrogen (secondary N) is 1. The average molecular weight is 497 g/mol. The van der Waals surface area contributed by atoms with Crippen molar-refractivity contribution in [2.45, 2.75) is 70.9 Å². The molecule has 5 rings (SSSR count). The molecule has 1 amide bonds. The average Bonchev–Trinajstić information content (AvgIpc) is 3.53. The second-order valence-electron chi connectivity index (χ2n) is 11.4. The summed E-state index contributed by atoms with van der Waals surface area (Å²) in [7, 11) is -4.20. The van der Waals surface area contributed by atoms with Crippen molar-refractivity contribution in [3.05, 3.63) is 29.1 Å². The summed E-state index contributed by atoms with van der Waals surface area (Å²) in [6.45, 7) is 4.55. The van der Waals surface area contributed by atoms with Gasteiger partial charge in [0, 0.05) is 24.6 Å². The second kappa shape index (κ2) is 8.73. The highest BCUT2D eigenvalue weighted by Gasteiger charge is 2.45. The van der Waals surface area contributed by atoms with Gasteiger partial charge >= 0.3 is 10.2 Å². The van der Waals surface area contributed by atoms with Crippen molar-refractivity contribution in [3.8, 4) is 5.75 Å². The van der Waals surface area contributed by atoms with Gasteiger partial charge in [0.05, 0.1) is 12.2 Å². The molecule has 1 aromatic rings. The first-order valence-electron chi connectivity index (χ1n) is 12.5. The van der Waals surface area contributed by atoms with Crippen molar-refractivity contribution in [2.75, 3.05) is 19.7 Å². The van der Waals surface area contributed by atoms with Gasteiger partial charge in [0.25, 0.3) is 5.91 Å². The molecule has 0 radical (unpaired) electrons. The van der Waals surface area contributed by atoms with Crippen molar-refractivity contribution < 1.29 is 26.7 Å². The number of alkyl halides is 1. The van der Waals surface area contributed by atoms with E-state index in [9.17, 15) is 17.6 Å². The Morgan fingerprint density at radius 2 is 1.79 bits per heavy atom. The van der Waals surface area contributed by atoms with Crippen LogP contribution >= 0.6 is 0 Å². The third-order valence-electron chi connectivity index (χ3n) is 8.02. The maximum Gasteiger partial charge on any atom is 0.304 e. The largest absolute Gasteiger partial charge is 0.493 e. The van der Waals surface area contributed by atoms with E-state index in [-0.39, 0.29) is 30.0 Å². The number of benzene rings is 1. The molecule has 1 heterocycles. The molecule has 2 unspecified atom stereocenters. The summed E-state index contributed by atoms with van der Waals surface area (Å²) >= 11 is 0. The van der Waals surface area contributed by atoms with E-state index in [1.807, 2.05) is 4.72 Å². The lowest BCUT2D eigenvalue weighted by Crippen LogP contribution is -2.56. The van der Waals surface area contributed by atoms with E-state index in [0.29, 0.717) is 24.2 Å². The third-order valence-corrected chi connectivity index (χ3v) is 9.44. The van der Waals surface area contributed by atoms with Gasteiger partial charge in [-0.3, -0.25) is 4.79 Å². The number of hydrogen-bond acceptors (Lipinski definition) is 4. The first kappa shape index (κ1) is 24.0. The summed E-state index contributed by atoms with van der Waals surface area (Å²) < 4.78 is 61.6. The predicted molar refractivity (Wildman–Crippen MR) is 124 cm³/mol. The molecule has 9 heteroatoms. The fraction of sp³-hybridized carbons (Fsp3) is 0.720. The van der Waals surface area contributed by atoms with Crippen LogP contribution in [0.25, 0.3) is 0 Å². The number of halogens is 2. The molecule has 2 atom stereocenters. The smallest absolute Gasteiger partial charge is 0.304 e. The topological polar surface area (TPSA) is 75.7 Å². The van der Waals surface area contributed by atoms with E-state index in [0.717, 1.165) is 47.9 Å². The molecule has 34 heavy (non-hydrogen) atoms. The minimum Gasteiger partial charge on any atom is -0.493 e. The summed E-state index contributed by atoms with van der Waals surface area (Å²) in [5, 5.41) is 0. The van der Waals surface area contributed by atoms with Gasteiger partial charge in [-0.2, -0.15) is 12.7 Å². The van der Waals surface area contributed by atoms with Gasteiger partial charge in [-0.15, -0.1) is 0 Å². The van der Waals surface area contributed by atoms with Crippen LogP contribution in [-0.2, 0) is 10.2 Å². The monoisotopic (exact) mass is 496 g/mol. The van der Waals surface area contributed by atoms with E-state index in [4.69, 9.17) is 4.74 Å². The lowest BCUT2D eigenvalue weighted by atomic mass is 9.57. The Morgan fingerprint density at radius 1 is 1.15 bits per heavy atom. The molecular formula is C25H34F2N2O4S. The second-order valence-corrected chi connectivity index (χ2v) is 13.1. The van der Waals surface area contributed by atoms with Crippen molar-refractivity contribution >= 4 is 16.1 Å². The number of amides is 1. The van der Waals surface area contributed by atoms with Gasteiger partial charge in [0.15, 0.2) is 0 Å². The molecule has 0 aromatic heterocycles. The first-order valence-corrected chi connectivity index (χ1v) is 13.9. The van der Waals surface area contributed by atoms with Gasteiger partial charge in [0.2, 0.25) is 0 Å². The highest BCUT2D eigenvalue weighted by Crippen LogP contribution is 2.53. The number of carbonyl (C=O) groups excluding carboxylic acids is 1. The number of hydrogen-bond donors (Lipinski definition) is 1. The van der Waals surface area contributed by atoms with E-state index >= 15 is 4.39 Å². The molecule has 4 aliphatic rings. The van der Waals surface area contributed by atoms with E-state index in [1.165, 1.54) is 25.0 Å². The van der Waals surface area contributed by atoms with Gasteiger partial charge < -0.3 is 4.74 Å². The van der Waals surface area contributed by atoms with Crippen LogP contribution in [0.15, 0.2) is 12.1 Å². The lowest BCUT2D eigenvalue weighted by molar-refractivity contribution is -0.0167. The first-order chi connectivity index (χ1) is 16.0. The summed E-state index contributed by atoms with van der Waals surface area (Å²) in [6, 6.07) is 2.68. The molecule has 0 spiro atoms. The molecule has 1 N–H and O–H groups in total. The maximum atomic E-state index is 15.0. The Bertz CT molecular complexity index is 1050. The fourth-order valence-corrected chi connectivity index (χ4v) is 7.91.